The molecule has 2 aromatic carbocycles. The van der Waals surface area contributed by atoms with Gasteiger partial charge in [-0.3, -0.25) is 9.69 Å². The van der Waals surface area contributed by atoms with Crippen molar-refractivity contribution in [2.75, 3.05) is 30.0 Å². The monoisotopic (exact) mass is 476 g/mol. The fourth-order valence-electron chi connectivity index (χ4n) is 3.81. The van der Waals surface area contributed by atoms with Gasteiger partial charge in [-0.05, 0) is 38.1 Å². The predicted octanol–water partition coefficient (Wildman–Crippen LogP) is 3.34. The average molecular weight is 477 g/mol. The summed E-state index contributed by atoms with van der Waals surface area (Å²) >= 11 is 6.40. The maximum atomic E-state index is 13.9. The second kappa shape index (κ2) is 8.88. The van der Waals surface area contributed by atoms with E-state index in [1.165, 1.54) is 4.57 Å². The third kappa shape index (κ3) is 3.62. The highest BCUT2D eigenvalue weighted by molar-refractivity contribution is 6.35. The molecule has 0 spiro atoms. The molecule has 4 rings (SSSR count). The van der Waals surface area contributed by atoms with Crippen molar-refractivity contribution in [1.29, 1.82) is 5.26 Å². The first-order chi connectivity index (χ1) is 16.3. The van der Waals surface area contributed by atoms with Crippen molar-refractivity contribution in [1.82, 2.24) is 19.5 Å². The first kappa shape index (κ1) is 22.8. The van der Waals surface area contributed by atoms with E-state index in [0.29, 0.717) is 22.5 Å². The van der Waals surface area contributed by atoms with E-state index in [1.54, 1.807) is 48.4 Å². The molecule has 0 atom stereocenters. The fraction of sp³-hybridized carbons (Fsp3) is 0.174. The lowest BCUT2D eigenvalue weighted by atomic mass is 10.1. The summed E-state index contributed by atoms with van der Waals surface area (Å²) in [5, 5.41) is 10.3. The first-order valence-corrected chi connectivity index (χ1v) is 10.7. The fourth-order valence-corrected chi connectivity index (χ4v) is 4.06. The minimum absolute atomic E-state index is 0.0189. The molecule has 0 saturated carbocycles. The highest BCUT2D eigenvalue weighted by Gasteiger charge is 2.25. The lowest BCUT2D eigenvalue weighted by Gasteiger charge is -2.26. The van der Waals surface area contributed by atoms with E-state index in [-0.39, 0.29) is 46.0 Å². The zero-order valence-electron chi connectivity index (χ0n) is 18.7. The van der Waals surface area contributed by atoms with Crippen LogP contribution in [0.2, 0.25) is 5.02 Å². The second-order valence-corrected chi connectivity index (χ2v) is 7.72. The van der Waals surface area contributed by atoms with E-state index in [0.717, 1.165) is 0 Å². The van der Waals surface area contributed by atoms with Crippen LogP contribution in [0.1, 0.15) is 18.1 Å². The lowest BCUT2D eigenvalue weighted by Crippen LogP contribution is -2.31. The molecule has 4 N–H and O–H groups in total. The number of hydrogen-bond donors (Lipinski definition) is 2. The van der Waals surface area contributed by atoms with Crippen LogP contribution in [0.5, 0.6) is 5.75 Å². The van der Waals surface area contributed by atoms with E-state index in [4.69, 9.17) is 32.8 Å². The number of ether oxygens (including phenoxy) is 1. The quantitative estimate of drug-likeness (QED) is 0.442. The first-order valence-electron chi connectivity index (χ1n) is 10.3. The number of benzene rings is 2. The minimum atomic E-state index is -0.395. The number of nitriles is 1. The van der Waals surface area contributed by atoms with Crippen LogP contribution >= 0.6 is 11.6 Å². The van der Waals surface area contributed by atoms with Gasteiger partial charge in [-0.15, -0.1) is 0 Å². The molecule has 172 valence electrons. The zero-order chi connectivity index (χ0) is 24.6. The summed E-state index contributed by atoms with van der Waals surface area (Å²) < 4.78 is 6.89. The molecule has 0 aliphatic carbocycles. The van der Waals surface area contributed by atoms with E-state index in [1.807, 2.05) is 19.9 Å². The molecule has 2 aromatic heterocycles. The molecule has 11 heteroatoms. The van der Waals surface area contributed by atoms with Gasteiger partial charge in [0.05, 0.1) is 28.7 Å². The Hall–Kier alpha value is -4.36. The molecule has 0 amide bonds. The van der Waals surface area contributed by atoms with Crippen LogP contribution in [-0.2, 0) is 0 Å². The number of fused-ring (bicyclic) bond motifs is 1. The Morgan fingerprint density at radius 3 is 2.59 bits per heavy atom. The van der Waals surface area contributed by atoms with E-state index in [9.17, 15) is 10.1 Å². The number of nitrogens with two attached hydrogens (primary N) is 2. The Morgan fingerprint density at radius 1 is 1.18 bits per heavy atom. The van der Waals surface area contributed by atoms with Gasteiger partial charge in [0.2, 0.25) is 11.9 Å². The van der Waals surface area contributed by atoms with Crippen LogP contribution in [-0.4, -0.2) is 33.2 Å². The molecule has 0 saturated heterocycles. The van der Waals surface area contributed by atoms with Crippen molar-refractivity contribution >= 4 is 46.0 Å². The Kier molecular flexibility index (Phi) is 5.96. The molecule has 2 heterocycles. The molecular formula is C23H21ClN8O2. The lowest BCUT2D eigenvalue weighted by molar-refractivity contribution is 0.411. The molecule has 0 radical (unpaired) electrons. The SMILES string of the molecule is CCN(c1nc(N)nc(N)c1C#N)c1nc2cccc(Cl)c2c(=O)n1-c1cccc(OC)c1C. The number of hydrogen-bond acceptors (Lipinski definition) is 9. The molecule has 34 heavy (non-hydrogen) atoms. The topological polar surface area (TPSA) is 149 Å². The van der Waals surface area contributed by atoms with E-state index >= 15 is 0 Å². The molecular weight excluding hydrogens is 456 g/mol. The minimum Gasteiger partial charge on any atom is -0.496 e. The van der Waals surface area contributed by atoms with Crippen molar-refractivity contribution in [3.8, 4) is 17.5 Å². The summed E-state index contributed by atoms with van der Waals surface area (Å²) in [4.78, 5) is 28.4. The van der Waals surface area contributed by atoms with Gasteiger partial charge >= 0.3 is 0 Å². The Morgan fingerprint density at radius 2 is 1.91 bits per heavy atom. The van der Waals surface area contributed by atoms with Crippen LogP contribution in [0.25, 0.3) is 16.6 Å². The number of rotatable bonds is 5. The highest BCUT2D eigenvalue weighted by Crippen LogP contribution is 2.33. The number of nitrogens with zero attached hydrogens (tertiary/aromatic N) is 6. The number of anilines is 4. The number of nitrogen functional groups attached to an aromatic ring is 2. The van der Waals surface area contributed by atoms with Crippen LogP contribution in [0.4, 0.5) is 23.5 Å². The van der Waals surface area contributed by atoms with Crippen molar-refractivity contribution in [2.45, 2.75) is 13.8 Å². The zero-order valence-corrected chi connectivity index (χ0v) is 19.5. The van der Waals surface area contributed by atoms with Gasteiger partial charge in [0, 0.05) is 12.1 Å². The molecule has 0 bridgehead atoms. The van der Waals surface area contributed by atoms with Gasteiger partial charge in [-0.1, -0.05) is 23.7 Å². The van der Waals surface area contributed by atoms with Gasteiger partial charge < -0.3 is 16.2 Å². The molecule has 4 aromatic rings. The highest BCUT2D eigenvalue weighted by atomic mass is 35.5. The van der Waals surface area contributed by atoms with E-state index in [2.05, 4.69) is 9.97 Å². The Balaban J connectivity index is 2.16. The van der Waals surface area contributed by atoms with Crippen LogP contribution in [0, 0.1) is 18.3 Å². The molecule has 0 aliphatic rings. The molecule has 10 nitrogen and oxygen atoms in total. The van der Waals surface area contributed by atoms with Crippen molar-refractivity contribution in [3.05, 3.63) is 62.9 Å². The number of aromatic nitrogens is 4. The summed E-state index contributed by atoms with van der Waals surface area (Å²) in [5.41, 5.74) is 13.0. The molecule has 0 fully saturated rings. The maximum absolute atomic E-state index is 13.9. The maximum Gasteiger partial charge on any atom is 0.268 e. The van der Waals surface area contributed by atoms with Crippen LogP contribution in [0.3, 0.4) is 0 Å². The van der Waals surface area contributed by atoms with E-state index < -0.39 is 5.56 Å². The largest absolute Gasteiger partial charge is 0.496 e. The third-order valence-electron chi connectivity index (χ3n) is 5.41. The Labute approximate surface area is 200 Å². The summed E-state index contributed by atoms with van der Waals surface area (Å²) in [6, 6.07) is 12.4. The molecule has 0 unspecified atom stereocenters. The summed E-state index contributed by atoms with van der Waals surface area (Å²) in [6.07, 6.45) is 0. The normalized spacial score (nSPS) is 10.8. The summed E-state index contributed by atoms with van der Waals surface area (Å²) in [6.45, 7) is 3.94. The van der Waals surface area contributed by atoms with Gasteiger partial charge in [0.15, 0.2) is 5.82 Å². The van der Waals surface area contributed by atoms with Gasteiger partial charge in [0.25, 0.3) is 5.56 Å². The predicted molar refractivity (Wildman–Crippen MR) is 132 cm³/mol. The number of methoxy groups -OCH3 is 1. The second-order valence-electron chi connectivity index (χ2n) is 7.31. The standard InChI is InChI=1S/C23H21ClN8O2/c1-4-31(20-13(11-25)19(26)29-22(27)30-20)23-28-15-8-5-7-14(24)18(15)21(33)32(23)16-9-6-10-17(34-3)12(16)2/h5-10H,4H2,1-3H3,(H4,26,27,29,30). The van der Waals surface area contributed by atoms with Gasteiger partial charge in [-0.2, -0.15) is 15.2 Å². The van der Waals surface area contributed by atoms with Gasteiger partial charge in [0.1, 0.15) is 23.2 Å². The summed E-state index contributed by atoms with van der Waals surface area (Å²) in [7, 11) is 1.55. The van der Waals surface area contributed by atoms with Crippen molar-refractivity contribution in [3.63, 3.8) is 0 Å². The van der Waals surface area contributed by atoms with Crippen molar-refractivity contribution in [2.24, 2.45) is 0 Å². The third-order valence-corrected chi connectivity index (χ3v) is 5.72. The van der Waals surface area contributed by atoms with Crippen LogP contribution < -0.4 is 26.7 Å². The number of halogens is 1. The molecule has 0 aliphatic heterocycles. The smallest absolute Gasteiger partial charge is 0.268 e. The average Bonchev–Trinajstić information content (AvgIpc) is 2.80. The van der Waals surface area contributed by atoms with Gasteiger partial charge in [-0.25, -0.2) is 9.55 Å². The summed E-state index contributed by atoms with van der Waals surface area (Å²) in [5.74, 6) is 0.745. The van der Waals surface area contributed by atoms with Crippen LogP contribution in [0.15, 0.2) is 41.2 Å². The van der Waals surface area contributed by atoms with Crippen molar-refractivity contribution < 1.29 is 4.74 Å². The Bertz CT molecular complexity index is 1530.